The molecule has 0 radical (unpaired) electrons. The first-order chi connectivity index (χ1) is 12.8. The van der Waals surface area contributed by atoms with Crippen molar-refractivity contribution in [3.63, 3.8) is 0 Å². The van der Waals surface area contributed by atoms with Gasteiger partial charge in [0.1, 0.15) is 0 Å². The van der Waals surface area contributed by atoms with Crippen LogP contribution in [0.2, 0.25) is 0 Å². The zero-order valence-electron chi connectivity index (χ0n) is 15.3. The Labute approximate surface area is 163 Å². The molecule has 2 aromatic rings. The van der Waals surface area contributed by atoms with E-state index in [9.17, 15) is 13.2 Å². The molecule has 1 aromatic carbocycles. The third-order valence-corrected chi connectivity index (χ3v) is 7.29. The van der Waals surface area contributed by atoms with Crippen LogP contribution in [0.3, 0.4) is 0 Å². The number of nitrogens with zero attached hydrogens (tertiary/aromatic N) is 4. The highest BCUT2D eigenvalue weighted by atomic mass is 32.2. The zero-order valence-corrected chi connectivity index (χ0v) is 17.0. The average Bonchev–Trinajstić information content (AvgIpc) is 3.17. The Kier molecular flexibility index (Phi) is 5.75. The van der Waals surface area contributed by atoms with Gasteiger partial charge in [-0.3, -0.25) is 4.79 Å². The Morgan fingerprint density at radius 3 is 2.63 bits per heavy atom. The van der Waals surface area contributed by atoms with Gasteiger partial charge in [-0.2, -0.15) is 0 Å². The number of nitrogens with two attached hydrogens (primary N) is 1. The van der Waals surface area contributed by atoms with Gasteiger partial charge >= 0.3 is 0 Å². The fourth-order valence-corrected chi connectivity index (χ4v) is 5.62. The number of hydrogen-bond donors (Lipinski definition) is 1. The Morgan fingerprint density at radius 1 is 1.33 bits per heavy atom. The Bertz CT molecular complexity index is 925. The summed E-state index contributed by atoms with van der Waals surface area (Å²) < 4.78 is 24.7. The van der Waals surface area contributed by atoms with Crippen molar-refractivity contribution in [1.82, 2.24) is 19.8 Å². The third-order valence-electron chi connectivity index (χ3n) is 4.61. The zero-order chi connectivity index (χ0) is 19.6. The predicted octanol–water partition coefficient (Wildman–Crippen LogP) is 1.10. The molecule has 1 aromatic heterocycles. The Morgan fingerprint density at radius 2 is 2.04 bits per heavy atom. The summed E-state index contributed by atoms with van der Waals surface area (Å²) >= 11 is 1.20. The van der Waals surface area contributed by atoms with Crippen molar-refractivity contribution in [3.05, 3.63) is 29.8 Å². The molecule has 0 aliphatic carbocycles. The molecule has 10 heteroatoms. The molecule has 1 fully saturated rings. The SMILES string of the molecule is CCN(C(=O)CSc1nnc(-c2ccc(C)cc2)n1N)[C@@H]1CCS(=O)(=O)C1. The molecule has 1 saturated heterocycles. The molecule has 0 spiro atoms. The Balaban J connectivity index is 1.66. The quantitative estimate of drug-likeness (QED) is 0.561. The van der Waals surface area contributed by atoms with Gasteiger partial charge in [0, 0.05) is 18.2 Å². The lowest BCUT2D eigenvalue weighted by atomic mass is 10.1. The molecule has 0 unspecified atom stereocenters. The standard InChI is InChI=1S/C17H23N5O3S2/c1-3-21(14-8-9-27(24,25)11-14)15(23)10-26-17-20-19-16(22(17)18)13-6-4-12(2)5-7-13/h4-7,14H,3,8-11,18H2,1-2H3/t14-/m1/s1. The van der Waals surface area contributed by atoms with Crippen molar-refractivity contribution in [2.24, 2.45) is 0 Å². The summed E-state index contributed by atoms with van der Waals surface area (Å²) in [5.74, 6) is 6.82. The first kappa shape index (κ1) is 19.7. The highest BCUT2D eigenvalue weighted by molar-refractivity contribution is 7.99. The highest BCUT2D eigenvalue weighted by Gasteiger charge is 2.33. The van der Waals surface area contributed by atoms with Crippen molar-refractivity contribution in [2.45, 2.75) is 31.5 Å². The van der Waals surface area contributed by atoms with E-state index in [0.29, 0.717) is 23.9 Å². The molecule has 8 nitrogen and oxygen atoms in total. The molecule has 2 N–H and O–H groups in total. The van der Waals surface area contributed by atoms with Crippen LogP contribution >= 0.6 is 11.8 Å². The third kappa shape index (κ3) is 4.44. The van der Waals surface area contributed by atoms with Crippen LogP contribution in [-0.4, -0.2) is 63.9 Å². The molecule has 27 heavy (non-hydrogen) atoms. The van der Waals surface area contributed by atoms with Crippen LogP contribution in [0.25, 0.3) is 11.4 Å². The fourth-order valence-electron chi connectivity index (χ4n) is 3.14. The fraction of sp³-hybridized carbons (Fsp3) is 0.471. The van der Waals surface area contributed by atoms with Gasteiger partial charge in [0.15, 0.2) is 15.7 Å². The van der Waals surface area contributed by atoms with Gasteiger partial charge in [0.05, 0.1) is 17.3 Å². The number of nitrogen functional groups attached to an aromatic ring is 1. The van der Waals surface area contributed by atoms with Gasteiger partial charge in [0.2, 0.25) is 11.1 Å². The van der Waals surface area contributed by atoms with E-state index in [1.54, 1.807) is 4.90 Å². The lowest BCUT2D eigenvalue weighted by molar-refractivity contribution is -0.129. The maximum Gasteiger partial charge on any atom is 0.233 e. The maximum atomic E-state index is 12.6. The normalized spacial score (nSPS) is 18.5. The molecule has 3 rings (SSSR count). The number of amides is 1. The van der Waals surface area contributed by atoms with Crippen molar-refractivity contribution in [2.75, 3.05) is 29.6 Å². The van der Waals surface area contributed by atoms with Gasteiger partial charge in [-0.15, -0.1) is 10.2 Å². The number of aryl methyl sites for hydroxylation is 1. The van der Waals surface area contributed by atoms with E-state index in [4.69, 9.17) is 5.84 Å². The number of benzene rings is 1. The molecule has 0 bridgehead atoms. The van der Waals surface area contributed by atoms with Crippen LogP contribution < -0.4 is 5.84 Å². The van der Waals surface area contributed by atoms with Crippen molar-refractivity contribution < 1.29 is 13.2 Å². The smallest absolute Gasteiger partial charge is 0.233 e. The first-order valence-corrected chi connectivity index (χ1v) is 11.5. The van der Waals surface area contributed by atoms with Gasteiger partial charge in [-0.25, -0.2) is 13.1 Å². The van der Waals surface area contributed by atoms with Crippen molar-refractivity contribution in [1.29, 1.82) is 0 Å². The molecule has 1 amide bonds. The minimum atomic E-state index is -3.04. The van der Waals surface area contributed by atoms with E-state index in [2.05, 4.69) is 10.2 Å². The number of rotatable bonds is 6. The van der Waals surface area contributed by atoms with E-state index in [1.807, 2.05) is 38.1 Å². The van der Waals surface area contributed by atoms with Crippen LogP contribution in [-0.2, 0) is 14.6 Å². The van der Waals surface area contributed by atoms with Gasteiger partial charge in [-0.05, 0) is 20.3 Å². The average molecular weight is 410 g/mol. The van der Waals surface area contributed by atoms with Gasteiger partial charge in [0.25, 0.3) is 0 Å². The van der Waals surface area contributed by atoms with E-state index in [-0.39, 0.29) is 29.2 Å². The number of hydrogen-bond acceptors (Lipinski definition) is 7. The number of sulfone groups is 1. The molecule has 1 aliphatic heterocycles. The molecular weight excluding hydrogens is 386 g/mol. The number of carbonyl (C=O) groups is 1. The summed E-state index contributed by atoms with van der Waals surface area (Å²) in [7, 11) is -3.04. The second-order valence-electron chi connectivity index (χ2n) is 6.57. The van der Waals surface area contributed by atoms with Gasteiger partial charge < -0.3 is 10.7 Å². The van der Waals surface area contributed by atoms with Crippen molar-refractivity contribution >= 4 is 27.5 Å². The Hall–Kier alpha value is -2.07. The second kappa shape index (κ2) is 7.89. The summed E-state index contributed by atoms with van der Waals surface area (Å²) in [6.45, 7) is 4.33. The largest absolute Gasteiger partial charge is 0.338 e. The van der Waals surface area contributed by atoms with E-state index >= 15 is 0 Å². The molecule has 146 valence electrons. The van der Waals surface area contributed by atoms with Gasteiger partial charge in [-0.1, -0.05) is 41.6 Å². The number of carbonyl (C=O) groups excluding carboxylic acids is 1. The predicted molar refractivity (Wildman–Crippen MR) is 106 cm³/mol. The van der Waals surface area contributed by atoms with Crippen LogP contribution in [0.1, 0.15) is 18.9 Å². The summed E-state index contributed by atoms with van der Waals surface area (Å²) in [5.41, 5.74) is 1.98. The van der Waals surface area contributed by atoms with E-state index < -0.39 is 9.84 Å². The summed E-state index contributed by atoms with van der Waals surface area (Å²) in [4.78, 5) is 14.2. The van der Waals surface area contributed by atoms with Crippen LogP contribution in [0.4, 0.5) is 0 Å². The van der Waals surface area contributed by atoms with Crippen molar-refractivity contribution in [3.8, 4) is 11.4 Å². The number of thioether (sulfide) groups is 1. The minimum absolute atomic E-state index is 0.0435. The maximum absolute atomic E-state index is 12.6. The summed E-state index contributed by atoms with van der Waals surface area (Å²) in [6.07, 6.45) is 0.497. The molecule has 0 saturated carbocycles. The van der Waals surface area contributed by atoms with E-state index in [0.717, 1.165) is 11.1 Å². The van der Waals surface area contributed by atoms with Crippen LogP contribution in [0, 0.1) is 6.92 Å². The summed E-state index contributed by atoms with van der Waals surface area (Å²) in [5, 5.41) is 8.63. The lowest BCUT2D eigenvalue weighted by Crippen LogP contribution is -2.42. The molecular formula is C17H23N5O3S2. The monoisotopic (exact) mass is 409 g/mol. The summed E-state index contributed by atoms with van der Waals surface area (Å²) in [6, 6.07) is 7.53. The minimum Gasteiger partial charge on any atom is -0.338 e. The molecule has 2 heterocycles. The topological polar surface area (TPSA) is 111 Å². The molecule has 1 aliphatic rings. The van der Waals surface area contributed by atoms with E-state index in [1.165, 1.54) is 16.4 Å². The molecule has 1 atom stereocenters. The first-order valence-electron chi connectivity index (χ1n) is 8.71. The lowest BCUT2D eigenvalue weighted by Gasteiger charge is -2.26. The van der Waals surface area contributed by atoms with Crippen LogP contribution in [0.5, 0.6) is 0 Å². The second-order valence-corrected chi connectivity index (χ2v) is 9.74. The van der Waals surface area contributed by atoms with Crippen LogP contribution in [0.15, 0.2) is 29.4 Å². The number of aromatic nitrogens is 3. The highest BCUT2D eigenvalue weighted by Crippen LogP contribution is 2.23.